The van der Waals surface area contributed by atoms with Crippen LogP contribution in [0.15, 0.2) is 17.3 Å². The molecule has 0 N–H and O–H groups in total. The summed E-state index contributed by atoms with van der Waals surface area (Å²) in [5.41, 5.74) is 3.12. The monoisotopic (exact) mass is 111 g/mol. The highest BCUT2D eigenvalue weighted by molar-refractivity contribution is 7.62. The van der Waals surface area contributed by atoms with Gasteiger partial charge in [0.2, 0.25) is 0 Å². The summed E-state index contributed by atoms with van der Waals surface area (Å²) >= 11 is 0. The molecule has 0 aromatic heterocycles. The Bertz CT molecular complexity index is 189. The van der Waals surface area contributed by atoms with Crippen LogP contribution < -0.4 is 0 Å². The van der Waals surface area contributed by atoms with Crippen LogP contribution in [0.1, 0.15) is 0 Å². The van der Waals surface area contributed by atoms with Crippen molar-refractivity contribution in [2.45, 2.75) is 0 Å². The number of aliphatic imine (C=N–C) groups is 1. The Labute approximate surface area is 43.8 Å². The maximum absolute atomic E-state index is 3.92. The minimum Gasteiger partial charge on any atom is -0.259 e. The van der Waals surface area contributed by atoms with Gasteiger partial charge in [-0.3, -0.25) is 4.99 Å². The zero-order valence-electron chi connectivity index (χ0n) is 4.13. The Morgan fingerprint density at radius 3 is 2.86 bits per heavy atom. The molecule has 0 aromatic carbocycles. The number of hydrogen-bond donors (Lipinski definition) is 0. The lowest BCUT2D eigenvalue weighted by Gasteiger charge is -1.84. The fraction of sp³-hybridized carbons (Fsp3) is 0.200. The van der Waals surface area contributed by atoms with Crippen molar-refractivity contribution in [2.75, 3.05) is 6.66 Å². The minimum absolute atomic E-state index is 0.120. The number of allylic oxidation sites excluding steroid dienone is 1. The first-order valence-electron chi connectivity index (χ1n) is 2.07. The van der Waals surface area contributed by atoms with Gasteiger partial charge >= 0.3 is 0 Å². The highest BCUT2D eigenvalue weighted by atomic mass is 31.1. The molecule has 2 heteroatoms. The van der Waals surface area contributed by atoms with Gasteiger partial charge in [-0.15, -0.1) is 0 Å². The normalized spacial score (nSPS) is 21.0. The predicted octanol–water partition coefficient (Wildman–Crippen LogP) is 1.61. The molecule has 1 aliphatic heterocycles. The van der Waals surface area contributed by atoms with E-state index in [4.69, 9.17) is 0 Å². The Morgan fingerprint density at radius 2 is 2.57 bits per heavy atom. The molecule has 1 aliphatic rings. The van der Waals surface area contributed by atoms with Gasteiger partial charge in [-0.05, 0) is 6.66 Å². The van der Waals surface area contributed by atoms with E-state index in [1.54, 1.807) is 6.20 Å². The van der Waals surface area contributed by atoms with Gasteiger partial charge in [-0.25, -0.2) is 0 Å². The van der Waals surface area contributed by atoms with Gasteiger partial charge in [-0.2, -0.15) is 0 Å². The van der Waals surface area contributed by atoms with E-state index in [-0.39, 0.29) is 7.38 Å². The van der Waals surface area contributed by atoms with Crippen molar-refractivity contribution in [1.82, 2.24) is 0 Å². The molecule has 0 radical (unpaired) electrons. The third kappa shape index (κ3) is 1.19. The molecular weight excluding hydrogens is 105 g/mol. The second-order valence-corrected chi connectivity index (χ2v) is 3.03. The zero-order valence-corrected chi connectivity index (χ0v) is 5.02. The van der Waals surface area contributed by atoms with Gasteiger partial charge in [0, 0.05) is 12.3 Å². The van der Waals surface area contributed by atoms with Gasteiger partial charge in [0.15, 0.2) is 0 Å². The first kappa shape index (κ1) is 4.64. The Kier molecular flexibility index (Phi) is 1.31. The molecule has 0 aromatic rings. The van der Waals surface area contributed by atoms with Crippen LogP contribution in [0.4, 0.5) is 0 Å². The lowest BCUT2D eigenvalue weighted by atomic mass is 10.7. The summed E-state index contributed by atoms with van der Waals surface area (Å²) in [5.74, 6) is 1.93. The Hall–Kier alpha value is -0.510. The van der Waals surface area contributed by atoms with E-state index in [0.717, 1.165) is 0 Å². The van der Waals surface area contributed by atoms with Crippen molar-refractivity contribution in [3.05, 3.63) is 12.3 Å². The van der Waals surface area contributed by atoms with Crippen LogP contribution in [0.3, 0.4) is 0 Å². The molecule has 0 saturated heterocycles. The third-order valence-electron chi connectivity index (χ3n) is 0.679. The molecule has 0 amide bonds. The van der Waals surface area contributed by atoms with Crippen molar-refractivity contribution in [3.63, 3.8) is 0 Å². The van der Waals surface area contributed by atoms with Crippen molar-refractivity contribution >= 4 is 13.3 Å². The summed E-state index contributed by atoms with van der Waals surface area (Å²) in [6, 6.07) is 0. The van der Waals surface area contributed by atoms with E-state index in [1.165, 1.54) is 0 Å². The SMILES string of the molecule is CP1#CC=CN=C1. The average molecular weight is 111 g/mol. The van der Waals surface area contributed by atoms with Crippen LogP contribution in [0.5, 0.6) is 0 Å². The fourth-order valence-electron chi connectivity index (χ4n) is 0.366. The average Bonchev–Trinajstić information content (AvgIpc) is 1.69. The molecule has 1 atom stereocenters. The van der Waals surface area contributed by atoms with Gasteiger partial charge in [0.25, 0.3) is 0 Å². The van der Waals surface area contributed by atoms with Crippen LogP contribution >= 0.6 is 7.38 Å². The molecule has 0 saturated carbocycles. The Morgan fingerprint density at radius 1 is 1.71 bits per heavy atom. The highest BCUT2D eigenvalue weighted by Gasteiger charge is 1.74. The van der Waals surface area contributed by atoms with Crippen molar-refractivity contribution in [1.29, 1.82) is 0 Å². The van der Waals surface area contributed by atoms with Gasteiger partial charge in [0.1, 0.15) is 0 Å². The van der Waals surface area contributed by atoms with E-state index >= 15 is 0 Å². The lowest BCUT2D eigenvalue weighted by molar-refractivity contribution is 1.62. The summed E-state index contributed by atoms with van der Waals surface area (Å²) in [6.45, 7) is 2.11. The molecule has 1 unspecified atom stereocenters. The predicted molar refractivity (Wildman–Crippen MR) is 34.4 cm³/mol. The summed E-state index contributed by atoms with van der Waals surface area (Å²) in [5, 5.41) is 0. The maximum atomic E-state index is 3.92. The lowest BCUT2D eigenvalue weighted by Crippen LogP contribution is -1.62. The summed E-state index contributed by atoms with van der Waals surface area (Å²) in [4.78, 5) is 3.92. The second kappa shape index (κ2) is 1.97. The number of hydrogen-bond acceptors (Lipinski definition) is 1. The first-order valence-corrected chi connectivity index (χ1v) is 3.93. The van der Waals surface area contributed by atoms with Crippen molar-refractivity contribution < 1.29 is 0 Å². The summed E-state index contributed by atoms with van der Waals surface area (Å²) in [7, 11) is -0.120. The van der Waals surface area contributed by atoms with Gasteiger partial charge in [-0.1, -0.05) is 13.0 Å². The first-order chi connectivity index (χ1) is 3.39. The summed E-state index contributed by atoms with van der Waals surface area (Å²) < 4.78 is 0. The van der Waals surface area contributed by atoms with E-state index in [0.29, 0.717) is 0 Å². The Balaban J connectivity index is 2.96. The van der Waals surface area contributed by atoms with Crippen LogP contribution in [0.2, 0.25) is 0 Å². The van der Waals surface area contributed by atoms with Crippen LogP contribution in [-0.4, -0.2) is 12.6 Å². The van der Waals surface area contributed by atoms with Crippen molar-refractivity contribution in [2.24, 2.45) is 4.99 Å². The molecule has 1 nitrogen and oxygen atoms in total. The number of nitrogens with zero attached hydrogens (tertiary/aromatic N) is 1. The molecule has 0 spiro atoms. The zero-order chi connectivity index (χ0) is 5.11. The standard InChI is InChI=1S/C5H6NP/c1-7-4-2-3-6-5-7/h2-3,5H,1H3. The highest BCUT2D eigenvalue weighted by Crippen LogP contribution is 2.09. The van der Waals surface area contributed by atoms with E-state index in [1.807, 2.05) is 12.0 Å². The topological polar surface area (TPSA) is 12.4 Å². The number of rotatable bonds is 0. The molecule has 1 rings (SSSR count). The molecule has 36 valence electrons. The summed E-state index contributed by atoms with van der Waals surface area (Å²) in [6.07, 6.45) is 3.62. The third-order valence-corrected chi connectivity index (χ3v) is 1.71. The largest absolute Gasteiger partial charge is 0.259 e. The van der Waals surface area contributed by atoms with Crippen LogP contribution in [0, 0.1) is 5.63 Å². The molecule has 0 fully saturated rings. The second-order valence-electron chi connectivity index (χ2n) is 1.32. The molecule has 1 heterocycles. The van der Waals surface area contributed by atoms with Gasteiger partial charge in [0.05, 0.1) is 5.96 Å². The quantitative estimate of drug-likeness (QED) is 0.421. The fourth-order valence-corrected chi connectivity index (χ4v) is 1.01. The molecule has 7 heavy (non-hydrogen) atoms. The van der Waals surface area contributed by atoms with E-state index in [2.05, 4.69) is 17.3 Å². The van der Waals surface area contributed by atoms with Gasteiger partial charge < -0.3 is 0 Å². The van der Waals surface area contributed by atoms with Crippen molar-refractivity contribution in [3.8, 4) is 5.63 Å². The minimum atomic E-state index is -0.120. The molecule has 0 aliphatic carbocycles. The van der Waals surface area contributed by atoms with Crippen LogP contribution in [-0.2, 0) is 0 Å². The van der Waals surface area contributed by atoms with E-state index in [9.17, 15) is 0 Å². The van der Waals surface area contributed by atoms with Crippen LogP contribution in [0.25, 0.3) is 0 Å². The maximum Gasteiger partial charge on any atom is 0.0530 e. The molecular formula is C5H6NP. The van der Waals surface area contributed by atoms with E-state index < -0.39 is 0 Å². The molecule has 0 bridgehead atoms. The smallest absolute Gasteiger partial charge is 0.0530 e.